The van der Waals surface area contributed by atoms with Gasteiger partial charge < -0.3 is 9.80 Å². The lowest BCUT2D eigenvalue weighted by atomic mass is 10.1. The van der Waals surface area contributed by atoms with Crippen LogP contribution in [0.2, 0.25) is 0 Å². The third-order valence-electron chi connectivity index (χ3n) is 4.24. The van der Waals surface area contributed by atoms with Crippen LogP contribution in [0.5, 0.6) is 0 Å². The maximum atomic E-state index is 2.56. The molecule has 0 aromatic heterocycles. The van der Waals surface area contributed by atoms with Crippen molar-refractivity contribution in [2.45, 2.75) is 85.7 Å². The monoisotopic (exact) mass is 270 g/mol. The van der Waals surface area contributed by atoms with Gasteiger partial charge in [-0.15, -0.1) is 0 Å². The normalized spacial score (nSPS) is 21.8. The summed E-state index contributed by atoms with van der Waals surface area (Å²) in [6.45, 7) is 14.5. The van der Waals surface area contributed by atoms with E-state index in [1.807, 2.05) is 0 Å². The van der Waals surface area contributed by atoms with Gasteiger partial charge in [-0.05, 0) is 79.6 Å². The summed E-state index contributed by atoms with van der Waals surface area (Å²) in [7, 11) is 0. The summed E-state index contributed by atoms with van der Waals surface area (Å²) in [5, 5.41) is 0. The summed E-state index contributed by atoms with van der Waals surface area (Å²) in [5.74, 6) is 0. The molecule has 0 aromatic rings. The molecule has 0 amide bonds. The molecule has 2 aliphatic heterocycles. The fourth-order valence-electron chi connectivity index (χ4n) is 2.87. The van der Waals surface area contributed by atoms with Crippen LogP contribution in [0.3, 0.4) is 0 Å². The minimum atomic E-state index is 0. The predicted molar refractivity (Wildman–Crippen MR) is 87.9 cm³/mol. The van der Waals surface area contributed by atoms with Gasteiger partial charge in [0.1, 0.15) is 0 Å². The lowest BCUT2D eigenvalue weighted by Gasteiger charge is -2.29. The van der Waals surface area contributed by atoms with E-state index in [0.29, 0.717) is 0 Å². The lowest BCUT2D eigenvalue weighted by molar-refractivity contribution is 0.185. The number of hydrogen-bond donors (Lipinski definition) is 0. The molecule has 0 saturated carbocycles. The molecular weight excluding hydrogens is 232 g/mol. The van der Waals surface area contributed by atoms with E-state index in [1.165, 1.54) is 64.7 Å². The van der Waals surface area contributed by atoms with E-state index in [4.69, 9.17) is 0 Å². The van der Waals surface area contributed by atoms with Crippen molar-refractivity contribution in [2.24, 2.45) is 0 Å². The van der Waals surface area contributed by atoms with E-state index in [2.05, 4.69) is 37.5 Å². The molecule has 2 aliphatic rings. The van der Waals surface area contributed by atoms with E-state index in [-0.39, 0.29) is 7.43 Å². The van der Waals surface area contributed by atoms with Gasteiger partial charge in [0.15, 0.2) is 0 Å². The number of likely N-dealkylation sites (tertiary alicyclic amines) is 2. The fraction of sp³-hybridized carbons (Fsp3) is 1.00. The second-order valence-corrected chi connectivity index (χ2v) is 6.38. The number of rotatable bonds is 2. The number of hydrogen-bond acceptors (Lipinski definition) is 2. The molecule has 116 valence electrons. The minimum absolute atomic E-state index is 0. The molecule has 0 bridgehead atoms. The van der Waals surface area contributed by atoms with Crippen molar-refractivity contribution in [2.75, 3.05) is 26.2 Å². The van der Waals surface area contributed by atoms with E-state index < -0.39 is 0 Å². The van der Waals surface area contributed by atoms with Crippen molar-refractivity contribution in [1.29, 1.82) is 0 Å². The molecule has 0 atom stereocenters. The molecule has 0 radical (unpaired) electrons. The third kappa shape index (κ3) is 7.94. The van der Waals surface area contributed by atoms with Gasteiger partial charge in [0.25, 0.3) is 0 Å². The Balaban J connectivity index is 0.000000324. The van der Waals surface area contributed by atoms with Crippen molar-refractivity contribution in [3.05, 3.63) is 0 Å². The molecule has 2 saturated heterocycles. The van der Waals surface area contributed by atoms with Gasteiger partial charge >= 0.3 is 0 Å². The summed E-state index contributed by atoms with van der Waals surface area (Å²) in [5.41, 5.74) is 0. The Morgan fingerprint density at radius 1 is 0.526 bits per heavy atom. The van der Waals surface area contributed by atoms with Crippen LogP contribution in [-0.2, 0) is 0 Å². The summed E-state index contributed by atoms with van der Waals surface area (Å²) in [4.78, 5) is 5.12. The topological polar surface area (TPSA) is 6.48 Å². The molecule has 0 aromatic carbocycles. The van der Waals surface area contributed by atoms with Gasteiger partial charge in [-0.2, -0.15) is 0 Å². The Morgan fingerprint density at radius 2 is 0.789 bits per heavy atom. The first kappa shape index (κ1) is 18.9. The van der Waals surface area contributed by atoms with Gasteiger partial charge in [0.05, 0.1) is 0 Å². The van der Waals surface area contributed by atoms with Crippen molar-refractivity contribution in [1.82, 2.24) is 9.80 Å². The SMILES string of the molecule is C.CC(C)N1CCCCC1.CC(C)N1CCCCC1. The Hall–Kier alpha value is -0.0800. The number of piperidine rings is 2. The van der Waals surface area contributed by atoms with E-state index in [1.54, 1.807) is 0 Å². The Bertz CT molecular complexity index is 167. The number of nitrogens with zero attached hydrogens (tertiary/aromatic N) is 2. The zero-order chi connectivity index (χ0) is 13.4. The summed E-state index contributed by atoms with van der Waals surface area (Å²) in [6.07, 6.45) is 8.55. The molecule has 19 heavy (non-hydrogen) atoms. The van der Waals surface area contributed by atoms with E-state index >= 15 is 0 Å². The van der Waals surface area contributed by atoms with Crippen molar-refractivity contribution in [3.63, 3.8) is 0 Å². The summed E-state index contributed by atoms with van der Waals surface area (Å²) < 4.78 is 0. The van der Waals surface area contributed by atoms with Gasteiger partial charge in [-0.1, -0.05) is 20.3 Å². The van der Waals surface area contributed by atoms with Crippen LogP contribution in [0, 0.1) is 0 Å². The van der Waals surface area contributed by atoms with Crippen LogP contribution < -0.4 is 0 Å². The highest BCUT2D eigenvalue weighted by atomic mass is 15.1. The molecule has 2 rings (SSSR count). The van der Waals surface area contributed by atoms with Crippen LogP contribution in [0.25, 0.3) is 0 Å². The first-order valence-electron chi connectivity index (χ1n) is 8.09. The van der Waals surface area contributed by atoms with E-state index in [9.17, 15) is 0 Å². The Labute approximate surface area is 122 Å². The predicted octanol–water partition coefficient (Wildman–Crippen LogP) is 4.40. The largest absolute Gasteiger partial charge is 0.301 e. The average molecular weight is 271 g/mol. The molecule has 0 aliphatic carbocycles. The van der Waals surface area contributed by atoms with Crippen LogP contribution >= 0.6 is 0 Å². The maximum Gasteiger partial charge on any atom is 0.00385 e. The standard InChI is InChI=1S/2C8H17N.CH4/c2*1-8(2)9-6-4-3-5-7-9;/h2*8H,3-7H2,1-2H3;1H4. The van der Waals surface area contributed by atoms with Gasteiger partial charge in [-0.25, -0.2) is 0 Å². The van der Waals surface area contributed by atoms with Crippen LogP contribution in [0.1, 0.15) is 73.6 Å². The quantitative estimate of drug-likeness (QED) is 0.734. The molecule has 2 fully saturated rings. The first-order valence-corrected chi connectivity index (χ1v) is 8.09. The lowest BCUT2D eigenvalue weighted by Crippen LogP contribution is -2.35. The molecule has 2 heteroatoms. The second-order valence-electron chi connectivity index (χ2n) is 6.38. The molecule has 2 heterocycles. The molecule has 0 spiro atoms. The average Bonchev–Trinajstić information content (AvgIpc) is 2.41. The zero-order valence-electron chi connectivity index (χ0n) is 13.1. The van der Waals surface area contributed by atoms with Gasteiger partial charge in [0, 0.05) is 12.1 Å². The van der Waals surface area contributed by atoms with Crippen LogP contribution in [-0.4, -0.2) is 48.1 Å². The highest BCUT2D eigenvalue weighted by Crippen LogP contribution is 2.11. The van der Waals surface area contributed by atoms with Crippen molar-refractivity contribution >= 4 is 0 Å². The fourth-order valence-corrected chi connectivity index (χ4v) is 2.87. The van der Waals surface area contributed by atoms with Crippen molar-refractivity contribution in [3.8, 4) is 0 Å². The van der Waals surface area contributed by atoms with Gasteiger partial charge in [-0.3, -0.25) is 0 Å². The first-order chi connectivity index (χ1) is 8.61. The van der Waals surface area contributed by atoms with Gasteiger partial charge in [0.2, 0.25) is 0 Å². The smallest absolute Gasteiger partial charge is 0.00385 e. The molecule has 0 N–H and O–H groups in total. The minimum Gasteiger partial charge on any atom is -0.301 e. The Kier molecular flexibility index (Phi) is 10.6. The maximum absolute atomic E-state index is 2.56. The summed E-state index contributed by atoms with van der Waals surface area (Å²) in [6, 6.07) is 1.54. The highest BCUT2D eigenvalue weighted by molar-refractivity contribution is 4.67. The van der Waals surface area contributed by atoms with Crippen molar-refractivity contribution < 1.29 is 0 Å². The molecule has 0 unspecified atom stereocenters. The Morgan fingerprint density at radius 3 is 0.947 bits per heavy atom. The van der Waals surface area contributed by atoms with Crippen LogP contribution in [0.15, 0.2) is 0 Å². The zero-order valence-corrected chi connectivity index (χ0v) is 13.1. The van der Waals surface area contributed by atoms with E-state index in [0.717, 1.165) is 12.1 Å². The second kappa shape index (κ2) is 10.7. The summed E-state index contributed by atoms with van der Waals surface area (Å²) >= 11 is 0. The molecular formula is C17H38N2. The van der Waals surface area contributed by atoms with Crippen LogP contribution in [0.4, 0.5) is 0 Å². The molecule has 2 nitrogen and oxygen atoms in total. The third-order valence-corrected chi connectivity index (χ3v) is 4.24. The highest BCUT2D eigenvalue weighted by Gasteiger charge is 2.12.